The summed E-state index contributed by atoms with van der Waals surface area (Å²) in [5.74, 6) is 0.618. The molecule has 0 amide bonds. The molecule has 0 aliphatic rings. The second kappa shape index (κ2) is 6.45. The molecule has 0 saturated carbocycles. The van der Waals surface area contributed by atoms with E-state index < -0.39 is 12.5 Å². The standard InChI is InChI=1S/C14H15F2NO2/c15-14(16)11(18)9-17-13(12-7-4-8-19-12)10-5-2-1-3-6-10/h1-8,11,13-14,17-18H,9H2. The van der Waals surface area contributed by atoms with Gasteiger partial charge in [-0.1, -0.05) is 30.3 Å². The molecule has 2 unspecified atom stereocenters. The van der Waals surface area contributed by atoms with Gasteiger partial charge in [-0.3, -0.25) is 0 Å². The molecule has 2 N–H and O–H groups in total. The Morgan fingerprint density at radius 1 is 1.11 bits per heavy atom. The highest BCUT2D eigenvalue weighted by molar-refractivity contribution is 5.26. The molecule has 19 heavy (non-hydrogen) atoms. The van der Waals surface area contributed by atoms with Crippen LogP contribution in [0.15, 0.2) is 53.1 Å². The molecule has 0 radical (unpaired) electrons. The zero-order chi connectivity index (χ0) is 13.7. The van der Waals surface area contributed by atoms with E-state index in [1.165, 1.54) is 6.26 Å². The molecule has 0 saturated heterocycles. The predicted molar refractivity (Wildman–Crippen MR) is 67.0 cm³/mol. The van der Waals surface area contributed by atoms with Gasteiger partial charge in [-0.05, 0) is 17.7 Å². The summed E-state index contributed by atoms with van der Waals surface area (Å²) in [5.41, 5.74) is 0.888. The maximum absolute atomic E-state index is 12.3. The van der Waals surface area contributed by atoms with Gasteiger partial charge in [0.2, 0.25) is 0 Å². The summed E-state index contributed by atoms with van der Waals surface area (Å²) in [7, 11) is 0. The lowest BCUT2D eigenvalue weighted by atomic mass is 10.0. The number of aliphatic hydroxyl groups is 1. The van der Waals surface area contributed by atoms with Crippen LogP contribution in [-0.4, -0.2) is 24.2 Å². The first-order chi connectivity index (χ1) is 9.18. The third-order valence-electron chi connectivity index (χ3n) is 2.78. The van der Waals surface area contributed by atoms with Crippen molar-refractivity contribution in [2.24, 2.45) is 0 Å². The second-order valence-electron chi connectivity index (χ2n) is 4.17. The average molecular weight is 267 g/mol. The van der Waals surface area contributed by atoms with Crippen molar-refractivity contribution in [3.63, 3.8) is 0 Å². The highest BCUT2D eigenvalue weighted by atomic mass is 19.3. The van der Waals surface area contributed by atoms with Gasteiger partial charge in [0.25, 0.3) is 6.43 Å². The molecule has 1 heterocycles. The van der Waals surface area contributed by atoms with E-state index in [0.29, 0.717) is 5.76 Å². The smallest absolute Gasteiger partial charge is 0.265 e. The Bertz CT molecular complexity index is 473. The number of hydrogen-bond donors (Lipinski definition) is 2. The maximum Gasteiger partial charge on any atom is 0.265 e. The van der Waals surface area contributed by atoms with E-state index >= 15 is 0 Å². The highest BCUT2D eigenvalue weighted by Crippen LogP contribution is 2.22. The summed E-state index contributed by atoms with van der Waals surface area (Å²) in [5, 5.41) is 12.1. The van der Waals surface area contributed by atoms with Gasteiger partial charge >= 0.3 is 0 Å². The number of nitrogens with one attached hydrogen (secondary N) is 1. The molecular formula is C14H15F2NO2. The molecule has 1 aromatic heterocycles. The Morgan fingerprint density at radius 3 is 2.42 bits per heavy atom. The Kier molecular flexibility index (Phi) is 4.65. The number of furan rings is 1. The zero-order valence-electron chi connectivity index (χ0n) is 10.2. The molecule has 3 nitrogen and oxygen atoms in total. The van der Waals surface area contributed by atoms with Crippen molar-refractivity contribution in [1.82, 2.24) is 5.32 Å². The van der Waals surface area contributed by atoms with Gasteiger partial charge in [0.1, 0.15) is 11.9 Å². The van der Waals surface area contributed by atoms with E-state index in [9.17, 15) is 13.9 Å². The Labute approximate surface area is 109 Å². The summed E-state index contributed by atoms with van der Waals surface area (Å²) < 4.78 is 29.9. The molecular weight excluding hydrogens is 252 g/mol. The van der Waals surface area contributed by atoms with E-state index in [0.717, 1.165) is 5.56 Å². The van der Waals surface area contributed by atoms with Crippen LogP contribution < -0.4 is 5.32 Å². The molecule has 1 aromatic carbocycles. The normalized spacial score (nSPS) is 14.5. The van der Waals surface area contributed by atoms with E-state index in [1.807, 2.05) is 30.3 Å². The van der Waals surface area contributed by atoms with Crippen molar-refractivity contribution in [1.29, 1.82) is 0 Å². The van der Waals surface area contributed by atoms with Crippen LogP contribution in [-0.2, 0) is 0 Å². The largest absolute Gasteiger partial charge is 0.467 e. The summed E-state index contributed by atoms with van der Waals surface area (Å²) in [6, 6.07) is 12.5. The molecule has 0 aliphatic heterocycles. The third kappa shape index (κ3) is 3.62. The average Bonchev–Trinajstić information content (AvgIpc) is 2.94. The number of hydrogen-bond acceptors (Lipinski definition) is 3. The van der Waals surface area contributed by atoms with Crippen molar-refractivity contribution in [3.05, 3.63) is 60.1 Å². The SMILES string of the molecule is OC(CNC(c1ccccc1)c1ccco1)C(F)F. The molecule has 0 aliphatic carbocycles. The lowest BCUT2D eigenvalue weighted by Gasteiger charge is -2.19. The van der Waals surface area contributed by atoms with E-state index in [4.69, 9.17) is 4.42 Å². The van der Waals surface area contributed by atoms with Crippen LogP contribution in [0.5, 0.6) is 0 Å². The minimum atomic E-state index is -2.76. The van der Waals surface area contributed by atoms with E-state index in [2.05, 4.69) is 5.32 Å². The van der Waals surface area contributed by atoms with Gasteiger partial charge in [0, 0.05) is 6.54 Å². The van der Waals surface area contributed by atoms with Crippen molar-refractivity contribution < 1.29 is 18.3 Å². The Balaban J connectivity index is 2.12. The molecule has 0 spiro atoms. The van der Waals surface area contributed by atoms with Crippen LogP contribution in [0, 0.1) is 0 Å². The van der Waals surface area contributed by atoms with Gasteiger partial charge in [-0.2, -0.15) is 0 Å². The zero-order valence-corrected chi connectivity index (χ0v) is 10.2. The van der Waals surface area contributed by atoms with Gasteiger partial charge < -0.3 is 14.8 Å². The quantitative estimate of drug-likeness (QED) is 0.845. The van der Waals surface area contributed by atoms with Crippen LogP contribution in [0.3, 0.4) is 0 Å². The minimum absolute atomic E-state index is 0.210. The van der Waals surface area contributed by atoms with Crippen molar-refractivity contribution in [3.8, 4) is 0 Å². The molecule has 0 fully saturated rings. The number of alkyl halides is 2. The molecule has 2 aromatic rings. The third-order valence-corrected chi connectivity index (χ3v) is 2.78. The summed E-state index contributed by atoms with van der Waals surface area (Å²) in [4.78, 5) is 0. The van der Waals surface area contributed by atoms with Crippen LogP contribution in [0.25, 0.3) is 0 Å². The number of rotatable bonds is 6. The van der Waals surface area contributed by atoms with Crippen molar-refractivity contribution >= 4 is 0 Å². The summed E-state index contributed by atoms with van der Waals surface area (Å²) >= 11 is 0. The monoisotopic (exact) mass is 267 g/mol. The maximum atomic E-state index is 12.3. The van der Waals surface area contributed by atoms with E-state index in [-0.39, 0.29) is 12.6 Å². The first-order valence-corrected chi connectivity index (χ1v) is 5.96. The first kappa shape index (κ1) is 13.7. The first-order valence-electron chi connectivity index (χ1n) is 5.96. The number of halogens is 2. The Hall–Kier alpha value is -1.72. The predicted octanol–water partition coefficient (Wildman–Crippen LogP) is 2.58. The molecule has 102 valence electrons. The van der Waals surface area contributed by atoms with Crippen molar-refractivity contribution in [2.45, 2.75) is 18.6 Å². The van der Waals surface area contributed by atoms with Crippen molar-refractivity contribution in [2.75, 3.05) is 6.54 Å². The molecule has 0 bridgehead atoms. The second-order valence-corrected chi connectivity index (χ2v) is 4.17. The molecule has 5 heteroatoms. The lowest BCUT2D eigenvalue weighted by Crippen LogP contribution is -2.34. The highest BCUT2D eigenvalue weighted by Gasteiger charge is 2.21. The van der Waals surface area contributed by atoms with Crippen LogP contribution in [0.2, 0.25) is 0 Å². The van der Waals surface area contributed by atoms with Crippen LogP contribution >= 0.6 is 0 Å². The lowest BCUT2D eigenvalue weighted by molar-refractivity contribution is -0.00436. The molecule has 2 atom stereocenters. The van der Waals surface area contributed by atoms with Gasteiger partial charge in [-0.25, -0.2) is 8.78 Å². The van der Waals surface area contributed by atoms with Crippen LogP contribution in [0.1, 0.15) is 17.4 Å². The van der Waals surface area contributed by atoms with Gasteiger partial charge in [0.05, 0.1) is 12.3 Å². The Morgan fingerprint density at radius 2 is 1.84 bits per heavy atom. The fourth-order valence-corrected chi connectivity index (χ4v) is 1.81. The number of benzene rings is 1. The molecule has 2 rings (SSSR count). The fourth-order valence-electron chi connectivity index (χ4n) is 1.81. The van der Waals surface area contributed by atoms with E-state index in [1.54, 1.807) is 12.1 Å². The minimum Gasteiger partial charge on any atom is -0.467 e. The van der Waals surface area contributed by atoms with Gasteiger partial charge in [-0.15, -0.1) is 0 Å². The van der Waals surface area contributed by atoms with Gasteiger partial charge in [0.15, 0.2) is 0 Å². The topological polar surface area (TPSA) is 45.4 Å². The van der Waals surface area contributed by atoms with Crippen LogP contribution in [0.4, 0.5) is 8.78 Å². The summed E-state index contributed by atoms with van der Waals surface area (Å²) in [6.45, 7) is -0.210. The summed E-state index contributed by atoms with van der Waals surface area (Å²) in [6.07, 6.45) is -2.93. The fraction of sp³-hybridized carbons (Fsp3) is 0.286. The number of aliphatic hydroxyl groups excluding tert-OH is 1.